The SMILES string of the molecule is CCOP(=O)(OCC)OCOc1cccc2c1C(=O)c1c(O)c3c(c(O)c1C2=O)C[C@@](O)(C(C)=O)C[C@@H]3OC1CC(N)C(O)C(C)O1. The smallest absolute Gasteiger partial charge is 0.477 e. The van der Waals surface area contributed by atoms with E-state index < -0.39 is 104 Å². The predicted octanol–water partition coefficient (Wildman–Crippen LogP) is 2.55. The highest BCUT2D eigenvalue weighted by molar-refractivity contribution is 7.48. The van der Waals surface area contributed by atoms with Gasteiger partial charge < -0.3 is 40.4 Å². The van der Waals surface area contributed by atoms with Crippen molar-refractivity contribution in [3.05, 3.63) is 51.6 Å². The fourth-order valence-corrected chi connectivity index (χ4v) is 7.23. The molecule has 5 rings (SSSR count). The Balaban J connectivity index is 1.56. The van der Waals surface area contributed by atoms with Crippen molar-refractivity contribution in [3.8, 4) is 17.2 Å². The lowest BCUT2D eigenvalue weighted by molar-refractivity contribution is -0.247. The highest BCUT2D eigenvalue weighted by Gasteiger charge is 2.49. The number of aromatic hydroxyl groups is 2. The molecule has 15 nitrogen and oxygen atoms in total. The molecule has 3 aliphatic rings. The van der Waals surface area contributed by atoms with Gasteiger partial charge in [0.2, 0.25) is 5.78 Å². The molecule has 2 aromatic carbocycles. The normalized spacial score (nSPS) is 27.2. The first kappa shape index (κ1) is 35.1. The molecule has 6 atom stereocenters. The number of carbonyl (C=O) groups is 3. The molecule has 0 amide bonds. The quantitative estimate of drug-likeness (QED) is 0.111. The summed E-state index contributed by atoms with van der Waals surface area (Å²) in [6, 6.07) is 3.36. The van der Waals surface area contributed by atoms with Crippen molar-refractivity contribution in [2.45, 2.75) is 83.2 Å². The van der Waals surface area contributed by atoms with Crippen LogP contribution in [0.5, 0.6) is 17.2 Å². The van der Waals surface area contributed by atoms with Gasteiger partial charge in [0, 0.05) is 42.0 Å². The van der Waals surface area contributed by atoms with Crippen molar-refractivity contribution in [1.29, 1.82) is 0 Å². The van der Waals surface area contributed by atoms with E-state index in [0.717, 1.165) is 6.92 Å². The third-order valence-corrected chi connectivity index (χ3v) is 10.1. The summed E-state index contributed by atoms with van der Waals surface area (Å²) in [5.41, 5.74) is 2.20. The van der Waals surface area contributed by atoms with E-state index in [2.05, 4.69) is 0 Å². The second-order valence-corrected chi connectivity index (χ2v) is 13.3. The largest absolute Gasteiger partial charge is 0.507 e. The molecule has 0 radical (unpaired) electrons. The average molecular weight is 680 g/mol. The number of carbonyl (C=O) groups excluding carboxylic acids is 3. The van der Waals surface area contributed by atoms with Crippen LogP contribution in [0.15, 0.2) is 18.2 Å². The Bertz CT molecular complexity index is 1620. The number of aliphatic hydroxyl groups excluding tert-OH is 1. The van der Waals surface area contributed by atoms with Gasteiger partial charge in [-0.3, -0.25) is 23.4 Å². The Morgan fingerprint density at radius 1 is 1.06 bits per heavy atom. The molecule has 2 aliphatic carbocycles. The van der Waals surface area contributed by atoms with Gasteiger partial charge in [0.1, 0.15) is 22.8 Å². The molecule has 1 heterocycles. The number of Topliss-reactive ketones (excluding diaryl/α,β-unsaturated/α-hetero) is 1. The summed E-state index contributed by atoms with van der Waals surface area (Å²) in [6.07, 6.45) is -4.97. The Kier molecular flexibility index (Phi) is 9.96. The lowest BCUT2D eigenvalue weighted by Gasteiger charge is -2.42. The number of phosphoric ester groups is 1. The summed E-state index contributed by atoms with van der Waals surface area (Å²) >= 11 is 0. The fourth-order valence-electron chi connectivity index (χ4n) is 6.19. The van der Waals surface area contributed by atoms with Crippen molar-refractivity contribution in [1.82, 2.24) is 0 Å². The highest BCUT2D eigenvalue weighted by atomic mass is 31.2. The molecule has 16 heteroatoms. The molecule has 256 valence electrons. The van der Waals surface area contributed by atoms with E-state index in [1.165, 1.54) is 18.2 Å². The summed E-state index contributed by atoms with van der Waals surface area (Å²) < 4.78 is 45.5. The topological polar surface area (TPSA) is 231 Å². The van der Waals surface area contributed by atoms with Crippen LogP contribution >= 0.6 is 7.82 Å². The maximum Gasteiger partial charge on any atom is 0.477 e. The number of fused-ring (bicyclic) bond motifs is 3. The third kappa shape index (κ3) is 6.35. The number of nitrogens with two attached hydrogens (primary N) is 1. The van der Waals surface area contributed by atoms with Gasteiger partial charge in [-0.25, -0.2) is 9.09 Å². The molecule has 2 aromatic rings. The van der Waals surface area contributed by atoms with Crippen LogP contribution in [-0.4, -0.2) is 87.9 Å². The molecule has 4 unspecified atom stereocenters. The van der Waals surface area contributed by atoms with Crippen LogP contribution in [0.3, 0.4) is 0 Å². The Morgan fingerprint density at radius 2 is 1.72 bits per heavy atom. The molecule has 6 N–H and O–H groups in total. The first-order valence-corrected chi connectivity index (χ1v) is 16.6. The predicted molar refractivity (Wildman–Crippen MR) is 161 cm³/mol. The van der Waals surface area contributed by atoms with Crippen molar-refractivity contribution in [2.24, 2.45) is 5.73 Å². The summed E-state index contributed by atoms with van der Waals surface area (Å²) in [6.45, 7) is 5.25. The van der Waals surface area contributed by atoms with Gasteiger partial charge in [-0.1, -0.05) is 12.1 Å². The zero-order valence-electron chi connectivity index (χ0n) is 26.3. The number of phenols is 2. The van der Waals surface area contributed by atoms with E-state index in [1.54, 1.807) is 20.8 Å². The van der Waals surface area contributed by atoms with Crippen molar-refractivity contribution in [2.75, 3.05) is 20.0 Å². The molecular formula is C31H38NO14P. The lowest BCUT2D eigenvalue weighted by Crippen LogP contribution is -2.52. The number of rotatable bonds is 11. The Labute approximate surface area is 270 Å². The average Bonchev–Trinajstić information content (AvgIpc) is 3.00. The molecule has 1 aliphatic heterocycles. The van der Waals surface area contributed by atoms with Crippen LogP contribution in [0.25, 0.3) is 0 Å². The maximum atomic E-state index is 14.1. The van der Waals surface area contributed by atoms with E-state index in [0.29, 0.717) is 0 Å². The Morgan fingerprint density at radius 3 is 2.34 bits per heavy atom. The van der Waals surface area contributed by atoms with Gasteiger partial charge in [0.25, 0.3) is 0 Å². The van der Waals surface area contributed by atoms with Gasteiger partial charge >= 0.3 is 7.82 Å². The van der Waals surface area contributed by atoms with Gasteiger partial charge in [0.05, 0.1) is 48.2 Å². The monoisotopic (exact) mass is 679 g/mol. The van der Waals surface area contributed by atoms with Crippen LogP contribution in [0.1, 0.15) is 89.6 Å². The van der Waals surface area contributed by atoms with Crippen LogP contribution in [-0.2, 0) is 38.8 Å². The van der Waals surface area contributed by atoms with Gasteiger partial charge in [0.15, 0.2) is 24.6 Å². The number of phenolic OH excluding ortho intramolecular Hbond substituents is 2. The van der Waals surface area contributed by atoms with E-state index in [-0.39, 0.29) is 47.6 Å². The first-order chi connectivity index (χ1) is 22.2. The standard InChI is InChI=1S/C31H38NO14P/c1-5-42-47(40,43-6-2)44-13-41-19-9-7-8-16-22(19)29(37)25-24(27(16)35)28(36)17-11-31(39,15(4)33)12-20(23(17)30(25)38)46-21-10-18(32)26(34)14(3)45-21/h7-9,14,18,20-21,26,34,36,38-39H,5-6,10-13,32H2,1-4H3/t14?,18?,20-,21?,26?,31-/m0/s1. The van der Waals surface area contributed by atoms with Gasteiger partial charge in [-0.05, 0) is 33.8 Å². The number of ether oxygens (including phenoxy) is 3. The first-order valence-electron chi connectivity index (χ1n) is 15.1. The third-order valence-electron chi connectivity index (χ3n) is 8.58. The number of aliphatic hydroxyl groups is 2. The van der Waals surface area contributed by atoms with Crippen molar-refractivity contribution >= 4 is 25.2 Å². The summed E-state index contributed by atoms with van der Waals surface area (Å²) in [5.74, 6) is -3.96. The summed E-state index contributed by atoms with van der Waals surface area (Å²) in [5, 5.41) is 44.8. The molecule has 47 heavy (non-hydrogen) atoms. The minimum Gasteiger partial charge on any atom is -0.507 e. The molecule has 1 saturated heterocycles. The minimum atomic E-state index is -3.98. The second-order valence-electron chi connectivity index (χ2n) is 11.6. The Hall–Kier alpha value is -3.24. The number of hydrogen-bond acceptors (Lipinski definition) is 15. The van der Waals surface area contributed by atoms with E-state index in [1.807, 2.05) is 0 Å². The second kappa shape index (κ2) is 13.3. The molecule has 0 saturated carbocycles. The van der Waals surface area contributed by atoms with Crippen LogP contribution < -0.4 is 10.5 Å². The van der Waals surface area contributed by atoms with Crippen molar-refractivity contribution < 1.29 is 67.2 Å². The number of hydrogen-bond donors (Lipinski definition) is 5. The molecule has 1 fully saturated rings. The summed E-state index contributed by atoms with van der Waals surface area (Å²) in [7, 11) is -3.98. The maximum absolute atomic E-state index is 14.1. The summed E-state index contributed by atoms with van der Waals surface area (Å²) in [4.78, 5) is 40.6. The van der Waals surface area contributed by atoms with Crippen LogP contribution in [0.2, 0.25) is 0 Å². The van der Waals surface area contributed by atoms with Gasteiger partial charge in [-0.2, -0.15) is 0 Å². The fraction of sp³-hybridized carbons (Fsp3) is 0.516. The molecular weight excluding hydrogens is 641 g/mol. The van der Waals surface area contributed by atoms with E-state index in [4.69, 9.17) is 33.5 Å². The molecule has 0 spiro atoms. The van der Waals surface area contributed by atoms with Gasteiger partial charge in [-0.15, -0.1) is 0 Å². The van der Waals surface area contributed by atoms with E-state index in [9.17, 15) is 39.4 Å². The zero-order chi connectivity index (χ0) is 34.4. The lowest BCUT2D eigenvalue weighted by atomic mass is 9.72. The van der Waals surface area contributed by atoms with Crippen LogP contribution in [0.4, 0.5) is 0 Å². The number of benzene rings is 2. The number of ketones is 3. The van der Waals surface area contributed by atoms with E-state index >= 15 is 0 Å². The molecule has 0 aromatic heterocycles. The van der Waals surface area contributed by atoms with Crippen LogP contribution in [0, 0.1) is 0 Å². The minimum absolute atomic E-state index is 0.0145. The number of phosphoric acid groups is 1. The highest BCUT2D eigenvalue weighted by Crippen LogP contribution is 2.53. The van der Waals surface area contributed by atoms with Crippen molar-refractivity contribution in [3.63, 3.8) is 0 Å². The zero-order valence-corrected chi connectivity index (χ0v) is 27.2. The molecule has 0 bridgehead atoms.